The number of carbonyl (C=O) groups is 1. The predicted octanol–water partition coefficient (Wildman–Crippen LogP) is 2.46. The van der Waals surface area contributed by atoms with Crippen LogP contribution in [0.25, 0.3) is 0 Å². The molecule has 3 heteroatoms. The zero-order chi connectivity index (χ0) is 9.84. The lowest BCUT2D eigenvalue weighted by molar-refractivity contribution is 0.0503. The highest BCUT2D eigenvalue weighted by molar-refractivity contribution is 5.90. The molecule has 0 aliphatic carbocycles. The molecule has 0 aliphatic heterocycles. The molecule has 0 unspecified atom stereocenters. The fraction of sp³-hybridized carbons (Fsp3) is 0.500. The van der Waals surface area contributed by atoms with Crippen molar-refractivity contribution in [1.29, 1.82) is 0 Å². The van der Waals surface area contributed by atoms with E-state index in [4.69, 9.17) is 9.15 Å². The third-order valence-corrected chi connectivity index (χ3v) is 1.70. The number of furan rings is 1. The highest BCUT2D eigenvalue weighted by Gasteiger charge is 2.13. The van der Waals surface area contributed by atoms with Gasteiger partial charge in [0, 0.05) is 0 Å². The van der Waals surface area contributed by atoms with Gasteiger partial charge < -0.3 is 9.15 Å². The SMILES string of the molecule is CCCOC(=O)c1cc(C)oc1C. The lowest BCUT2D eigenvalue weighted by atomic mass is 10.2. The number of aryl methyl sites for hydroxylation is 2. The van der Waals surface area contributed by atoms with Crippen molar-refractivity contribution in [2.24, 2.45) is 0 Å². The van der Waals surface area contributed by atoms with Crippen molar-refractivity contribution in [3.63, 3.8) is 0 Å². The van der Waals surface area contributed by atoms with Gasteiger partial charge in [0.2, 0.25) is 0 Å². The third kappa shape index (κ3) is 2.34. The number of carbonyl (C=O) groups excluding carboxylic acids is 1. The summed E-state index contributed by atoms with van der Waals surface area (Å²) in [6.45, 7) is 5.99. The smallest absolute Gasteiger partial charge is 0.341 e. The molecule has 0 radical (unpaired) electrons. The van der Waals surface area contributed by atoms with Gasteiger partial charge in [-0.1, -0.05) is 6.92 Å². The highest BCUT2D eigenvalue weighted by Crippen LogP contribution is 2.14. The van der Waals surface area contributed by atoms with Crippen LogP contribution in [0.4, 0.5) is 0 Å². The minimum atomic E-state index is -0.295. The molecular formula is C10H14O3. The molecule has 0 saturated carbocycles. The van der Waals surface area contributed by atoms with Crippen LogP contribution in [0.1, 0.15) is 35.2 Å². The summed E-state index contributed by atoms with van der Waals surface area (Å²) in [6, 6.07) is 1.70. The van der Waals surface area contributed by atoms with E-state index in [0.717, 1.165) is 12.2 Å². The van der Waals surface area contributed by atoms with Gasteiger partial charge in [0.05, 0.1) is 6.61 Å². The van der Waals surface area contributed by atoms with E-state index in [1.54, 1.807) is 13.0 Å². The highest BCUT2D eigenvalue weighted by atomic mass is 16.5. The van der Waals surface area contributed by atoms with Crippen LogP contribution >= 0.6 is 0 Å². The van der Waals surface area contributed by atoms with Crippen LogP contribution in [0, 0.1) is 13.8 Å². The van der Waals surface area contributed by atoms with Gasteiger partial charge >= 0.3 is 5.97 Å². The lowest BCUT2D eigenvalue weighted by Gasteiger charge is -2.00. The Labute approximate surface area is 77.7 Å². The summed E-state index contributed by atoms with van der Waals surface area (Å²) in [5.74, 6) is 1.07. The second-order valence-corrected chi connectivity index (χ2v) is 2.96. The minimum absolute atomic E-state index is 0.295. The molecule has 0 bridgehead atoms. The third-order valence-electron chi connectivity index (χ3n) is 1.70. The van der Waals surface area contributed by atoms with E-state index in [1.165, 1.54) is 0 Å². The first-order valence-electron chi connectivity index (χ1n) is 4.39. The van der Waals surface area contributed by atoms with Gasteiger partial charge in [-0.05, 0) is 26.3 Å². The summed E-state index contributed by atoms with van der Waals surface area (Å²) in [5.41, 5.74) is 0.533. The molecule has 0 spiro atoms. The zero-order valence-corrected chi connectivity index (χ0v) is 8.22. The quantitative estimate of drug-likeness (QED) is 0.674. The van der Waals surface area contributed by atoms with Crippen molar-refractivity contribution in [3.8, 4) is 0 Å². The zero-order valence-electron chi connectivity index (χ0n) is 8.22. The Kier molecular flexibility index (Phi) is 3.12. The van der Waals surface area contributed by atoms with E-state index in [1.807, 2.05) is 13.8 Å². The Morgan fingerprint density at radius 3 is 2.69 bits per heavy atom. The van der Waals surface area contributed by atoms with E-state index in [0.29, 0.717) is 17.9 Å². The summed E-state index contributed by atoms with van der Waals surface area (Å²) in [7, 11) is 0. The van der Waals surface area contributed by atoms with Crippen molar-refractivity contribution in [2.75, 3.05) is 6.61 Å². The first kappa shape index (κ1) is 9.84. The summed E-state index contributed by atoms with van der Waals surface area (Å²) in [6.07, 6.45) is 0.835. The second-order valence-electron chi connectivity index (χ2n) is 2.96. The van der Waals surface area contributed by atoms with Gasteiger partial charge in [-0.2, -0.15) is 0 Å². The molecule has 1 aromatic rings. The fourth-order valence-corrected chi connectivity index (χ4v) is 1.11. The molecular weight excluding hydrogens is 168 g/mol. The van der Waals surface area contributed by atoms with Gasteiger partial charge in [0.15, 0.2) is 0 Å². The molecule has 0 aromatic carbocycles. The Bertz CT molecular complexity index is 299. The standard InChI is InChI=1S/C10H14O3/c1-4-5-12-10(11)9-6-7(2)13-8(9)3/h6H,4-5H2,1-3H3. The normalized spacial score (nSPS) is 10.1. The number of hydrogen-bond donors (Lipinski definition) is 0. The monoisotopic (exact) mass is 182 g/mol. The predicted molar refractivity (Wildman–Crippen MR) is 48.8 cm³/mol. The van der Waals surface area contributed by atoms with Gasteiger partial charge in [-0.15, -0.1) is 0 Å². The van der Waals surface area contributed by atoms with Crippen molar-refractivity contribution >= 4 is 5.97 Å². The van der Waals surface area contributed by atoms with Crippen LogP contribution in [-0.4, -0.2) is 12.6 Å². The van der Waals surface area contributed by atoms with Crippen molar-refractivity contribution in [1.82, 2.24) is 0 Å². The van der Waals surface area contributed by atoms with Crippen LogP contribution in [-0.2, 0) is 4.74 Å². The second kappa shape index (κ2) is 4.12. The molecule has 0 aliphatic rings. The van der Waals surface area contributed by atoms with Crippen LogP contribution in [0.2, 0.25) is 0 Å². The molecule has 72 valence electrons. The molecule has 1 rings (SSSR count). The molecule has 0 atom stereocenters. The molecule has 13 heavy (non-hydrogen) atoms. The molecule has 1 aromatic heterocycles. The van der Waals surface area contributed by atoms with E-state index < -0.39 is 0 Å². The Hall–Kier alpha value is -1.25. The summed E-state index contributed by atoms with van der Waals surface area (Å²) in [4.78, 5) is 11.4. The maximum atomic E-state index is 11.4. The van der Waals surface area contributed by atoms with Gasteiger partial charge in [-0.3, -0.25) is 0 Å². The van der Waals surface area contributed by atoms with Crippen LogP contribution in [0.5, 0.6) is 0 Å². The maximum Gasteiger partial charge on any atom is 0.341 e. The van der Waals surface area contributed by atoms with Crippen LogP contribution in [0.15, 0.2) is 10.5 Å². The van der Waals surface area contributed by atoms with Crippen molar-refractivity contribution in [3.05, 3.63) is 23.2 Å². The minimum Gasteiger partial charge on any atom is -0.466 e. The average molecular weight is 182 g/mol. The first-order chi connectivity index (χ1) is 6.15. The molecule has 0 amide bonds. The van der Waals surface area contributed by atoms with Gasteiger partial charge in [0.1, 0.15) is 17.1 Å². The lowest BCUT2D eigenvalue weighted by Crippen LogP contribution is -2.05. The summed E-state index contributed by atoms with van der Waals surface area (Å²) < 4.78 is 10.2. The number of esters is 1. The topological polar surface area (TPSA) is 39.4 Å². The molecule has 1 heterocycles. The Morgan fingerprint density at radius 2 is 2.23 bits per heavy atom. The van der Waals surface area contributed by atoms with Gasteiger partial charge in [0.25, 0.3) is 0 Å². The van der Waals surface area contributed by atoms with Gasteiger partial charge in [-0.25, -0.2) is 4.79 Å². The average Bonchev–Trinajstić information content (AvgIpc) is 2.41. The van der Waals surface area contributed by atoms with Crippen LogP contribution < -0.4 is 0 Å². The van der Waals surface area contributed by atoms with E-state index in [2.05, 4.69) is 0 Å². The number of hydrogen-bond acceptors (Lipinski definition) is 3. The molecule has 0 fully saturated rings. The van der Waals surface area contributed by atoms with E-state index in [9.17, 15) is 4.79 Å². The van der Waals surface area contributed by atoms with E-state index in [-0.39, 0.29) is 5.97 Å². The molecule has 0 N–H and O–H groups in total. The Morgan fingerprint density at radius 1 is 1.54 bits per heavy atom. The molecule has 0 saturated heterocycles. The first-order valence-corrected chi connectivity index (χ1v) is 4.39. The Balaban J connectivity index is 2.70. The van der Waals surface area contributed by atoms with Crippen molar-refractivity contribution < 1.29 is 13.9 Å². The fourth-order valence-electron chi connectivity index (χ4n) is 1.11. The maximum absolute atomic E-state index is 11.4. The van der Waals surface area contributed by atoms with Crippen LogP contribution in [0.3, 0.4) is 0 Å². The largest absolute Gasteiger partial charge is 0.466 e. The number of ether oxygens (including phenoxy) is 1. The van der Waals surface area contributed by atoms with Crippen molar-refractivity contribution in [2.45, 2.75) is 27.2 Å². The summed E-state index contributed by atoms with van der Waals surface area (Å²) in [5, 5.41) is 0. The number of rotatable bonds is 3. The van der Waals surface area contributed by atoms with E-state index >= 15 is 0 Å². The molecule has 3 nitrogen and oxygen atoms in total. The summed E-state index contributed by atoms with van der Waals surface area (Å²) >= 11 is 0.